The van der Waals surface area contributed by atoms with Gasteiger partial charge in [0.05, 0.1) is 6.61 Å². The fourth-order valence-electron chi connectivity index (χ4n) is 3.28. The van der Waals surface area contributed by atoms with Crippen molar-refractivity contribution in [2.45, 2.75) is 26.8 Å². The van der Waals surface area contributed by atoms with Crippen LogP contribution in [0.3, 0.4) is 0 Å². The van der Waals surface area contributed by atoms with Crippen molar-refractivity contribution in [1.29, 1.82) is 0 Å². The molecule has 1 fully saturated rings. The number of ether oxygens (including phenoxy) is 1. The van der Waals surface area contributed by atoms with Gasteiger partial charge in [0.25, 0.3) is 0 Å². The van der Waals surface area contributed by atoms with E-state index in [4.69, 9.17) is 4.74 Å². The first kappa shape index (κ1) is 15.3. The molecule has 0 amide bonds. The van der Waals surface area contributed by atoms with Crippen molar-refractivity contribution in [3.05, 3.63) is 29.8 Å². The van der Waals surface area contributed by atoms with Crippen LogP contribution in [0.2, 0.25) is 0 Å². The second kappa shape index (κ2) is 6.59. The summed E-state index contributed by atoms with van der Waals surface area (Å²) >= 11 is 0. The highest BCUT2D eigenvalue weighted by atomic mass is 16.5. The van der Waals surface area contributed by atoms with Crippen LogP contribution >= 0.6 is 0 Å². The van der Waals surface area contributed by atoms with E-state index in [0.717, 1.165) is 25.4 Å². The second-order valence-corrected chi connectivity index (χ2v) is 6.55. The lowest BCUT2D eigenvalue weighted by molar-refractivity contribution is 0.190. The van der Waals surface area contributed by atoms with Crippen LogP contribution in [0.5, 0.6) is 5.75 Å². The van der Waals surface area contributed by atoms with Gasteiger partial charge in [0.2, 0.25) is 0 Å². The summed E-state index contributed by atoms with van der Waals surface area (Å²) in [5, 5.41) is 0. The Kier molecular flexibility index (Phi) is 5.06. The normalized spacial score (nSPS) is 23.4. The quantitative estimate of drug-likeness (QED) is 0.794. The standard InChI is InChI=1S/C17H28N2O/c1-5-20-16-8-6-15(7-9-16)12-19(4)14-17(2)10-11-18(3)13-17/h6-9H,5,10-14H2,1-4H3/t17-/m0/s1. The average molecular weight is 276 g/mol. The maximum atomic E-state index is 5.48. The topological polar surface area (TPSA) is 15.7 Å². The zero-order valence-corrected chi connectivity index (χ0v) is 13.4. The van der Waals surface area contributed by atoms with Crippen LogP contribution in [-0.2, 0) is 6.54 Å². The van der Waals surface area contributed by atoms with Crippen LogP contribution in [0, 0.1) is 5.41 Å². The van der Waals surface area contributed by atoms with Gasteiger partial charge in [0, 0.05) is 19.6 Å². The Balaban J connectivity index is 1.86. The molecule has 1 aromatic carbocycles. The minimum Gasteiger partial charge on any atom is -0.494 e. The van der Waals surface area contributed by atoms with Crippen molar-refractivity contribution in [2.24, 2.45) is 5.41 Å². The summed E-state index contributed by atoms with van der Waals surface area (Å²) < 4.78 is 5.48. The Morgan fingerprint density at radius 2 is 2.00 bits per heavy atom. The Morgan fingerprint density at radius 1 is 1.30 bits per heavy atom. The van der Waals surface area contributed by atoms with Gasteiger partial charge in [-0.25, -0.2) is 0 Å². The molecule has 0 aromatic heterocycles. The van der Waals surface area contributed by atoms with Gasteiger partial charge in [-0.3, -0.25) is 0 Å². The summed E-state index contributed by atoms with van der Waals surface area (Å²) in [4.78, 5) is 4.87. The van der Waals surface area contributed by atoms with Gasteiger partial charge in [0.1, 0.15) is 5.75 Å². The SMILES string of the molecule is CCOc1ccc(CN(C)C[C@@]2(C)CCN(C)C2)cc1. The molecule has 3 nitrogen and oxygen atoms in total. The molecule has 0 spiro atoms. The second-order valence-electron chi connectivity index (χ2n) is 6.55. The lowest BCUT2D eigenvalue weighted by Gasteiger charge is -2.30. The van der Waals surface area contributed by atoms with Crippen LogP contribution in [0.15, 0.2) is 24.3 Å². The van der Waals surface area contributed by atoms with Crippen molar-refractivity contribution in [1.82, 2.24) is 9.80 Å². The van der Waals surface area contributed by atoms with Crippen molar-refractivity contribution in [3.63, 3.8) is 0 Å². The maximum Gasteiger partial charge on any atom is 0.119 e. The van der Waals surface area contributed by atoms with E-state index in [2.05, 4.69) is 55.1 Å². The minimum absolute atomic E-state index is 0.439. The fourth-order valence-corrected chi connectivity index (χ4v) is 3.28. The van der Waals surface area contributed by atoms with Crippen molar-refractivity contribution in [2.75, 3.05) is 40.3 Å². The Morgan fingerprint density at radius 3 is 2.55 bits per heavy atom. The molecule has 0 radical (unpaired) electrons. The summed E-state index contributed by atoms with van der Waals surface area (Å²) in [5.74, 6) is 0.961. The molecular weight excluding hydrogens is 248 g/mol. The van der Waals surface area contributed by atoms with Gasteiger partial charge >= 0.3 is 0 Å². The smallest absolute Gasteiger partial charge is 0.119 e. The van der Waals surface area contributed by atoms with E-state index in [1.807, 2.05) is 6.92 Å². The van der Waals surface area contributed by atoms with Gasteiger partial charge in [-0.05, 0) is 57.1 Å². The van der Waals surface area contributed by atoms with Crippen LogP contribution in [-0.4, -0.2) is 50.1 Å². The maximum absolute atomic E-state index is 5.48. The number of benzene rings is 1. The molecule has 1 heterocycles. The Hall–Kier alpha value is -1.06. The van der Waals surface area contributed by atoms with E-state index >= 15 is 0 Å². The van der Waals surface area contributed by atoms with Gasteiger partial charge in [0.15, 0.2) is 0 Å². The number of hydrogen-bond donors (Lipinski definition) is 0. The zero-order chi connectivity index (χ0) is 14.6. The molecule has 1 aliphatic rings. The van der Waals surface area contributed by atoms with E-state index in [1.54, 1.807) is 0 Å². The molecule has 0 saturated carbocycles. The first-order chi connectivity index (χ1) is 9.50. The van der Waals surface area contributed by atoms with Gasteiger partial charge in [-0.1, -0.05) is 19.1 Å². The van der Waals surface area contributed by atoms with Crippen molar-refractivity contribution >= 4 is 0 Å². The molecular formula is C17H28N2O. The van der Waals surface area contributed by atoms with E-state index in [-0.39, 0.29) is 0 Å². The monoisotopic (exact) mass is 276 g/mol. The number of rotatable bonds is 6. The molecule has 1 aliphatic heterocycles. The third-order valence-corrected chi connectivity index (χ3v) is 4.09. The molecule has 2 rings (SSSR count). The molecule has 1 saturated heterocycles. The molecule has 3 heteroatoms. The Bertz CT molecular complexity index is 418. The van der Waals surface area contributed by atoms with Crippen LogP contribution < -0.4 is 4.74 Å². The summed E-state index contributed by atoms with van der Waals surface area (Å²) in [6, 6.07) is 8.48. The van der Waals surface area contributed by atoms with Crippen LogP contribution in [0.4, 0.5) is 0 Å². The Labute approximate surface area is 123 Å². The summed E-state index contributed by atoms with van der Waals surface area (Å²) in [5.41, 5.74) is 1.79. The molecule has 0 aliphatic carbocycles. The largest absolute Gasteiger partial charge is 0.494 e. The van der Waals surface area contributed by atoms with E-state index < -0.39 is 0 Å². The van der Waals surface area contributed by atoms with Gasteiger partial charge in [-0.2, -0.15) is 0 Å². The number of hydrogen-bond acceptors (Lipinski definition) is 3. The third kappa shape index (κ3) is 4.22. The molecule has 0 N–H and O–H groups in total. The van der Waals surface area contributed by atoms with Crippen LogP contribution in [0.1, 0.15) is 25.8 Å². The number of nitrogens with zero attached hydrogens (tertiary/aromatic N) is 2. The van der Waals surface area contributed by atoms with Crippen molar-refractivity contribution in [3.8, 4) is 5.75 Å². The molecule has 1 aromatic rings. The molecule has 112 valence electrons. The first-order valence-corrected chi connectivity index (χ1v) is 7.59. The highest BCUT2D eigenvalue weighted by molar-refractivity contribution is 5.27. The minimum atomic E-state index is 0.439. The lowest BCUT2D eigenvalue weighted by atomic mass is 9.89. The van der Waals surface area contributed by atoms with Gasteiger partial charge in [-0.15, -0.1) is 0 Å². The highest BCUT2D eigenvalue weighted by Crippen LogP contribution is 2.30. The van der Waals surface area contributed by atoms with Gasteiger partial charge < -0.3 is 14.5 Å². The van der Waals surface area contributed by atoms with Crippen molar-refractivity contribution < 1.29 is 4.74 Å². The van der Waals surface area contributed by atoms with E-state index in [9.17, 15) is 0 Å². The first-order valence-electron chi connectivity index (χ1n) is 7.59. The summed E-state index contributed by atoms with van der Waals surface area (Å²) in [7, 11) is 4.44. The zero-order valence-electron chi connectivity index (χ0n) is 13.4. The third-order valence-electron chi connectivity index (χ3n) is 4.09. The summed E-state index contributed by atoms with van der Waals surface area (Å²) in [6.45, 7) is 9.75. The molecule has 0 bridgehead atoms. The predicted molar refractivity (Wildman–Crippen MR) is 84.2 cm³/mol. The molecule has 0 unspecified atom stereocenters. The molecule has 1 atom stereocenters. The molecule has 20 heavy (non-hydrogen) atoms. The predicted octanol–water partition coefficient (Wildman–Crippen LogP) is 2.86. The lowest BCUT2D eigenvalue weighted by Crippen LogP contribution is -2.35. The average Bonchev–Trinajstić information content (AvgIpc) is 2.71. The highest BCUT2D eigenvalue weighted by Gasteiger charge is 2.32. The fraction of sp³-hybridized carbons (Fsp3) is 0.647. The summed E-state index contributed by atoms with van der Waals surface area (Å²) in [6.07, 6.45) is 1.30. The number of likely N-dealkylation sites (tertiary alicyclic amines) is 1. The van der Waals surface area contributed by atoms with Crippen LogP contribution in [0.25, 0.3) is 0 Å². The van der Waals surface area contributed by atoms with E-state index in [0.29, 0.717) is 5.41 Å². The van der Waals surface area contributed by atoms with E-state index in [1.165, 1.54) is 25.1 Å².